The maximum atomic E-state index is 13.9. The lowest BCUT2D eigenvalue weighted by Crippen LogP contribution is -2.58. The number of nitrogens with zero attached hydrogens (tertiary/aromatic N) is 1. The Hall–Kier alpha value is -3.24. The summed E-state index contributed by atoms with van der Waals surface area (Å²) < 4.78 is 5.34. The van der Waals surface area contributed by atoms with E-state index in [4.69, 9.17) is 10.5 Å². The van der Waals surface area contributed by atoms with Crippen LogP contribution in [0.2, 0.25) is 0 Å². The molecule has 4 N–H and O–H groups in total. The minimum Gasteiger partial charge on any atom is -0.444 e. The fraction of sp³-hybridized carbons (Fsp3) is 0.724. The quantitative estimate of drug-likeness (QED) is 0.243. The topological polar surface area (TPSA) is 165 Å². The molecule has 3 unspecified atom stereocenters. The van der Waals surface area contributed by atoms with Gasteiger partial charge in [-0.1, -0.05) is 39.7 Å². The van der Waals surface area contributed by atoms with E-state index in [9.17, 15) is 28.8 Å². The molecule has 1 saturated heterocycles. The number of hydrogen-bond donors (Lipinski definition) is 3. The number of ketones is 2. The van der Waals surface area contributed by atoms with Gasteiger partial charge in [-0.15, -0.1) is 0 Å². The van der Waals surface area contributed by atoms with E-state index in [-0.39, 0.29) is 48.3 Å². The maximum absolute atomic E-state index is 13.9. The molecule has 0 bridgehead atoms. The number of likely N-dealkylation sites (tertiary alicyclic amines) is 1. The van der Waals surface area contributed by atoms with Gasteiger partial charge < -0.3 is 26.0 Å². The summed E-state index contributed by atoms with van der Waals surface area (Å²) in [6.45, 7) is 14.6. The lowest BCUT2D eigenvalue weighted by Gasteiger charge is -2.35. The van der Waals surface area contributed by atoms with Crippen LogP contribution in [0.3, 0.4) is 0 Å². The summed E-state index contributed by atoms with van der Waals surface area (Å²) in [4.78, 5) is 78.2. The molecule has 2 aliphatic carbocycles. The fourth-order valence-corrected chi connectivity index (χ4v) is 5.93. The van der Waals surface area contributed by atoms with E-state index in [1.807, 2.05) is 13.8 Å². The number of piperidine rings is 1. The van der Waals surface area contributed by atoms with Crippen LogP contribution in [0.25, 0.3) is 0 Å². The maximum Gasteiger partial charge on any atom is 0.408 e. The first-order chi connectivity index (χ1) is 18.4. The van der Waals surface area contributed by atoms with Gasteiger partial charge >= 0.3 is 6.09 Å². The Kier molecular flexibility index (Phi) is 9.16. The van der Waals surface area contributed by atoms with Gasteiger partial charge in [0.25, 0.3) is 5.91 Å². The van der Waals surface area contributed by atoms with E-state index in [0.29, 0.717) is 12.0 Å². The predicted molar refractivity (Wildman–Crippen MR) is 147 cm³/mol. The zero-order chi connectivity index (χ0) is 30.2. The molecule has 3 fully saturated rings. The van der Waals surface area contributed by atoms with Crippen molar-refractivity contribution in [2.75, 3.05) is 6.54 Å². The van der Waals surface area contributed by atoms with Gasteiger partial charge in [-0.25, -0.2) is 4.79 Å². The van der Waals surface area contributed by atoms with Gasteiger partial charge in [-0.2, -0.15) is 0 Å². The number of ether oxygens (including phenoxy) is 1. The van der Waals surface area contributed by atoms with Gasteiger partial charge in [0.1, 0.15) is 17.7 Å². The number of rotatable bonds is 12. The molecule has 3 rings (SSSR count). The van der Waals surface area contributed by atoms with Crippen LogP contribution in [0, 0.1) is 23.2 Å². The number of primary amides is 1. The zero-order valence-electron chi connectivity index (χ0n) is 24.5. The number of Topliss-reactive ketones (excluding diaryl/α,β-unsaturated/α-hetero) is 2. The first kappa shape index (κ1) is 31.3. The summed E-state index contributed by atoms with van der Waals surface area (Å²) in [6, 6.07) is -3.08. The molecule has 0 aromatic heterocycles. The summed E-state index contributed by atoms with van der Waals surface area (Å²) in [5.41, 5.74) is 4.59. The Morgan fingerprint density at radius 1 is 1.07 bits per heavy atom. The Morgan fingerprint density at radius 2 is 1.70 bits per heavy atom. The molecule has 5 atom stereocenters. The Bertz CT molecular complexity index is 1090. The highest BCUT2D eigenvalue weighted by atomic mass is 16.6. The molecule has 1 aliphatic heterocycles. The molecular formula is C29H44N4O7. The first-order valence-electron chi connectivity index (χ1n) is 14.1. The Labute approximate surface area is 236 Å². The molecule has 222 valence electrons. The summed E-state index contributed by atoms with van der Waals surface area (Å²) >= 11 is 0. The first-order valence-corrected chi connectivity index (χ1v) is 14.1. The van der Waals surface area contributed by atoms with Crippen molar-refractivity contribution in [2.24, 2.45) is 28.9 Å². The zero-order valence-corrected chi connectivity index (χ0v) is 24.5. The van der Waals surface area contributed by atoms with E-state index in [0.717, 1.165) is 19.3 Å². The Balaban J connectivity index is 1.83. The van der Waals surface area contributed by atoms with Crippen molar-refractivity contribution < 1.29 is 33.5 Å². The minimum atomic E-state index is -1.12. The number of amides is 4. The number of carbonyl (C=O) groups excluding carboxylic acids is 6. The number of allylic oxidation sites excluding steroid dienone is 1. The number of hydrogen-bond acceptors (Lipinski definition) is 7. The smallest absolute Gasteiger partial charge is 0.408 e. The van der Waals surface area contributed by atoms with Crippen molar-refractivity contribution in [1.29, 1.82) is 0 Å². The highest BCUT2D eigenvalue weighted by Gasteiger charge is 2.69. The van der Waals surface area contributed by atoms with E-state index in [1.54, 1.807) is 27.7 Å². The second-order valence-corrected chi connectivity index (χ2v) is 13.2. The lowest BCUT2D eigenvalue weighted by atomic mass is 9.80. The third-order valence-corrected chi connectivity index (χ3v) is 8.55. The third kappa shape index (κ3) is 7.09. The van der Waals surface area contributed by atoms with Crippen LogP contribution in [0.5, 0.6) is 0 Å². The molecule has 0 radical (unpaired) electrons. The molecule has 11 nitrogen and oxygen atoms in total. The summed E-state index contributed by atoms with van der Waals surface area (Å²) in [7, 11) is 0. The second-order valence-electron chi connectivity index (χ2n) is 13.2. The predicted octanol–water partition coefficient (Wildman–Crippen LogP) is 2.02. The Morgan fingerprint density at radius 3 is 2.20 bits per heavy atom. The van der Waals surface area contributed by atoms with Crippen LogP contribution in [0.15, 0.2) is 12.2 Å². The van der Waals surface area contributed by atoms with Crippen LogP contribution < -0.4 is 16.4 Å². The molecule has 0 spiro atoms. The molecule has 1 heterocycles. The molecule has 40 heavy (non-hydrogen) atoms. The summed E-state index contributed by atoms with van der Waals surface area (Å²) in [5, 5.41) is 5.32. The van der Waals surface area contributed by atoms with Crippen LogP contribution in [0.4, 0.5) is 4.79 Å². The number of carbonyl (C=O) groups is 6. The second kappa shape index (κ2) is 11.7. The number of nitrogens with one attached hydrogen (secondary N) is 2. The lowest BCUT2D eigenvalue weighted by molar-refractivity contribution is -0.144. The molecule has 4 amide bonds. The summed E-state index contributed by atoms with van der Waals surface area (Å²) in [5.74, 6) is -3.16. The molecule has 2 saturated carbocycles. The highest BCUT2D eigenvalue weighted by molar-refractivity contribution is 6.37. The molecule has 11 heteroatoms. The molecule has 0 aromatic rings. The number of alkyl carbamates (subject to hydrolysis) is 1. The third-order valence-electron chi connectivity index (χ3n) is 8.55. The van der Waals surface area contributed by atoms with Crippen LogP contribution in [0.1, 0.15) is 80.1 Å². The van der Waals surface area contributed by atoms with Crippen molar-refractivity contribution in [1.82, 2.24) is 15.5 Å². The largest absolute Gasteiger partial charge is 0.444 e. The van der Waals surface area contributed by atoms with Gasteiger partial charge in [-0.3, -0.25) is 24.0 Å². The van der Waals surface area contributed by atoms with Crippen LogP contribution >= 0.6 is 0 Å². The normalized spacial score (nSPS) is 24.6. The van der Waals surface area contributed by atoms with E-state index in [1.165, 1.54) is 4.90 Å². The van der Waals surface area contributed by atoms with Crippen molar-refractivity contribution >= 4 is 35.4 Å². The number of fused-ring (bicyclic) bond motifs is 1. The average Bonchev–Trinajstić information content (AvgIpc) is 3.14. The monoisotopic (exact) mass is 560 g/mol. The van der Waals surface area contributed by atoms with Gasteiger partial charge in [0.15, 0.2) is 5.78 Å². The van der Waals surface area contributed by atoms with E-state index in [2.05, 4.69) is 17.2 Å². The molecule has 3 aliphatic rings. The molecule has 0 aromatic carbocycles. The standard InChI is InChI=1S/C29H44N4O7/c1-15(2)20(34)12-11-18(32-27(39)40-28(3,4)5)26(38)33-14-17-21(29(17,6)7)22(33)25(37)31-19(23(35)24(30)36)13-16-9-8-10-16/h16-19,21-22H,1,8-14H2,2-7H3,(H2,30,36)(H,31,37)(H,32,39)/t17?,18-,19?,21-,22?/m0/s1. The SMILES string of the molecule is C=C(C)C(=O)CC[C@H](NC(=O)OC(C)(C)C)C(=O)N1CC2[C@@H](C1C(=O)NC(CC1CCC1)C(=O)C(N)=O)C2(C)C. The fourth-order valence-electron chi connectivity index (χ4n) is 5.93. The van der Waals surface area contributed by atoms with Gasteiger partial charge in [0, 0.05) is 13.0 Å². The van der Waals surface area contributed by atoms with Crippen molar-refractivity contribution in [3.05, 3.63) is 12.2 Å². The van der Waals surface area contributed by atoms with Crippen molar-refractivity contribution in [2.45, 2.75) is 104 Å². The summed E-state index contributed by atoms with van der Waals surface area (Å²) in [6.07, 6.45) is 2.32. The van der Waals surface area contributed by atoms with Crippen molar-refractivity contribution in [3.63, 3.8) is 0 Å². The number of nitrogens with two attached hydrogens (primary N) is 1. The van der Waals surface area contributed by atoms with E-state index >= 15 is 0 Å². The minimum absolute atomic E-state index is 0.00218. The van der Waals surface area contributed by atoms with Gasteiger partial charge in [0.05, 0.1) is 6.04 Å². The average molecular weight is 561 g/mol. The van der Waals surface area contributed by atoms with Gasteiger partial charge in [0.2, 0.25) is 17.6 Å². The highest BCUT2D eigenvalue weighted by Crippen LogP contribution is 2.65. The molecular weight excluding hydrogens is 516 g/mol. The van der Waals surface area contributed by atoms with Crippen LogP contribution in [-0.4, -0.2) is 70.6 Å². The van der Waals surface area contributed by atoms with Crippen molar-refractivity contribution in [3.8, 4) is 0 Å². The van der Waals surface area contributed by atoms with Crippen LogP contribution in [-0.2, 0) is 28.7 Å². The van der Waals surface area contributed by atoms with Gasteiger partial charge in [-0.05, 0) is 69.3 Å². The van der Waals surface area contributed by atoms with E-state index < -0.39 is 53.3 Å².